The summed E-state index contributed by atoms with van der Waals surface area (Å²) in [5, 5.41) is 4.97. The van der Waals surface area contributed by atoms with E-state index < -0.39 is 0 Å². The molecule has 0 bridgehead atoms. The van der Waals surface area contributed by atoms with Crippen LogP contribution in [0, 0.1) is 0 Å². The Morgan fingerprint density at radius 2 is 1.55 bits per heavy atom. The maximum Gasteiger partial charge on any atom is 0.258 e. The van der Waals surface area contributed by atoms with E-state index in [-0.39, 0.29) is 0 Å². The highest BCUT2D eigenvalue weighted by Gasteiger charge is 2.11. The van der Waals surface area contributed by atoms with Crippen LogP contribution in [0.15, 0.2) is 47.0 Å². The van der Waals surface area contributed by atoms with Crippen LogP contribution < -0.4 is 5.73 Å². The van der Waals surface area contributed by atoms with E-state index in [1.54, 1.807) is 30.3 Å². The average molecular weight is 306 g/mol. The number of nitrogens with zero attached hydrogens (tertiary/aromatic N) is 2. The molecule has 20 heavy (non-hydrogen) atoms. The summed E-state index contributed by atoms with van der Waals surface area (Å²) in [4.78, 5) is 4.33. The molecule has 3 aromatic rings. The quantitative estimate of drug-likeness (QED) is 0.717. The first-order valence-electron chi connectivity index (χ1n) is 5.78. The van der Waals surface area contributed by atoms with Gasteiger partial charge in [0.05, 0.1) is 0 Å². The van der Waals surface area contributed by atoms with Gasteiger partial charge in [0, 0.05) is 26.9 Å². The third kappa shape index (κ3) is 2.61. The predicted octanol–water partition coefficient (Wildman–Crippen LogP) is 4.29. The van der Waals surface area contributed by atoms with Gasteiger partial charge in [-0.2, -0.15) is 4.98 Å². The molecular formula is C14H9Cl2N3O. The van der Waals surface area contributed by atoms with Crippen molar-refractivity contribution in [3.05, 3.63) is 52.5 Å². The normalized spacial score (nSPS) is 10.7. The van der Waals surface area contributed by atoms with E-state index in [9.17, 15) is 0 Å². The molecule has 0 unspecified atom stereocenters. The number of aromatic nitrogens is 2. The fraction of sp³-hybridized carbons (Fsp3) is 0. The maximum atomic E-state index is 5.96. The first-order chi connectivity index (χ1) is 9.61. The number of anilines is 1. The SMILES string of the molecule is Nc1ccc(-c2nc(-c3cc(Cl)cc(Cl)c3)no2)cc1. The van der Waals surface area contributed by atoms with Gasteiger partial charge in [0.15, 0.2) is 0 Å². The lowest BCUT2D eigenvalue weighted by Crippen LogP contribution is -1.84. The molecule has 0 saturated carbocycles. The van der Waals surface area contributed by atoms with Crippen molar-refractivity contribution < 1.29 is 4.52 Å². The summed E-state index contributed by atoms with van der Waals surface area (Å²) in [6.07, 6.45) is 0. The fourth-order valence-electron chi connectivity index (χ4n) is 1.77. The Morgan fingerprint density at radius 3 is 2.20 bits per heavy atom. The van der Waals surface area contributed by atoms with Crippen LogP contribution in [0.4, 0.5) is 5.69 Å². The summed E-state index contributed by atoms with van der Waals surface area (Å²) in [7, 11) is 0. The summed E-state index contributed by atoms with van der Waals surface area (Å²) in [5.74, 6) is 0.845. The summed E-state index contributed by atoms with van der Waals surface area (Å²) < 4.78 is 5.24. The molecule has 0 aliphatic rings. The number of halogens is 2. The van der Waals surface area contributed by atoms with Crippen molar-refractivity contribution in [2.24, 2.45) is 0 Å². The van der Waals surface area contributed by atoms with Gasteiger partial charge in [0.2, 0.25) is 5.82 Å². The van der Waals surface area contributed by atoms with E-state index in [0.29, 0.717) is 33.0 Å². The summed E-state index contributed by atoms with van der Waals surface area (Å²) in [6.45, 7) is 0. The molecule has 2 aromatic carbocycles. The Kier molecular flexibility index (Phi) is 3.34. The smallest absolute Gasteiger partial charge is 0.258 e. The van der Waals surface area contributed by atoms with E-state index in [0.717, 1.165) is 5.56 Å². The molecule has 1 heterocycles. The zero-order valence-corrected chi connectivity index (χ0v) is 11.7. The van der Waals surface area contributed by atoms with Crippen LogP contribution in [0.1, 0.15) is 0 Å². The van der Waals surface area contributed by atoms with Crippen molar-refractivity contribution in [1.29, 1.82) is 0 Å². The van der Waals surface area contributed by atoms with Crippen molar-refractivity contribution in [2.45, 2.75) is 0 Å². The molecule has 0 aliphatic heterocycles. The van der Waals surface area contributed by atoms with Gasteiger partial charge in [0.1, 0.15) is 0 Å². The van der Waals surface area contributed by atoms with E-state index in [4.69, 9.17) is 33.5 Å². The number of hydrogen-bond donors (Lipinski definition) is 1. The van der Waals surface area contributed by atoms with Crippen molar-refractivity contribution >= 4 is 28.9 Å². The van der Waals surface area contributed by atoms with E-state index in [2.05, 4.69) is 10.1 Å². The Morgan fingerprint density at radius 1 is 0.900 bits per heavy atom. The lowest BCUT2D eigenvalue weighted by Gasteiger charge is -1.97. The fourth-order valence-corrected chi connectivity index (χ4v) is 2.29. The Labute approximate surface area is 125 Å². The molecule has 100 valence electrons. The highest BCUT2D eigenvalue weighted by Crippen LogP contribution is 2.27. The molecule has 0 radical (unpaired) electrons. The van der Waals surface area contributed by atoms with Crippen molar-refractivity contribution in [1.82, 2.24) is 10.1 Å². The predicted molar refractivity (Wildman–Crippen MR) is 79.6 cm³/mol. The second kappa shape index (κ2) is 5.15. The van der Waals surface area contributed by atoms with Gasteiger partial charge in [-0.1, -0.05) is 28.4 Å². The minimum Gasteiger partial charge on any atom is -0.399 e. The van der Waals surface area contributed by atoms with Crippen LogP contribution in [0.5, 0.6) is 0 Å². The topological polar surface area (TPSA) is 64.9 Å². The summed E-state index contributed by atoms with van der Waals surface area (Å²) in [6, 6.07) is 12.3. The van der Waals surface area contributed by atoms with Gasteiger partial charge in [-0.15, -0.1) is 0 Å². The summed E-state index contributed by atoms with van der Waals surface area (Å²) >= 11 is 11.9. The average Bonchev–Trinajstić information content (AvgIpc) is 2.88. The van der Waals surface area contributed by atoms with Gasteiger partial charge >= 0.3 is 0 Å². The van der Waals surface area contributed by atoms with Crippen molar-refractivity contribution in [3.63, 3.8) is 0 Å². The first kappa shape index (κ1) is 13.0. The maximum absolute atomic E-state index is 5.96. The second-order valence-corrected chi connectivity index (χ2v) is 5.08. The number of nitrogens with two attached hydrogens (primary N) is 1. The van der Waals surface area contributed by atoms with Gasteiger partial charge in [-0.05, 0) is 42.5 Å². The molecule has 2 N–H and O–H groups in total. The van der Waals surface area contributed by atoms with Gasteiger partial charge in [-0.3, -0.25) is 0 Å². The largest absolute Gasteiger partial charge is 0.399 e. The Hall–Kier alpha value is -2.04. The monoisotopic (exact) mass is 305 g/mol. The molecule has 6 heteroatoms. The highest BCUT2D eigenvalue weighted by molar-refractivity contribution is 6.35. The highest BCUT2D eigenvalue weighted by atomic mass is 35.5. The molecular weight excluding hydrogens is 297 g/mol. The zero-order valence-electron chi connectivity index (χ0n) is 10.2. The van der Waals surface area contributed by atoms with Crippen molar-refractivity contribution in [3.8, 4) is 22.8 Å². The van der Waals surface area contributed by atoms with Crippen LogP contribution in [0.25, 0.3) is 22.8 Å². The zero-order chi connectivity index (χ0) is 14.1. The van der Waals surface area contributed by atoms with Gasteiger partial charge in [-0.25, -0.2) is 0 Å². The molecule has 3 rings (SSSR count). The van der Waals surface area contributed by atoms with Crippen LogP contribution >= 0.6 is 23.2 Å². The minimum absolute atomic E-state index is 0.413. The van der Waals surface area contributed by atoms with Crippen LogP contribution in [-0.4, -0.2) is 10.1 Å². The van der Waals surface area contributed by atoms with E-state index >= 15 is 0 Å². The van der Waals surface area contributed by atoms with E-state index in [1.165, 1.54) is 0 Å². The van der Waals surface area contributed by atoms with Gasteiger partial charge in [0.25, 0.3) is 5.89 Å². The van der Waals surface area contributed by atoms with Crippen LogP contribution in [0.2, 0.25) is 10.0 Å². The molecule has 0 aliphatic carbocycles. The van der Waals surface area contributed by atoms with Crippen molar-refractivity contribution in [2.75, 3.05) is 5.73 Å². The Balaban J connectivity index is 1.99. The first-order valence-corrected chi connectivity index (χ1v) is 6.53. The molecule has 0 atom stereocenters. The van der Waals surface area contributed by atoms with Gasteiger partial charge < -0.3 is 10.3 Å². The molecule has 1 aromatic heterocycles. The molecule has 0 fully saturated rings. The molecule has 0 spiro atoms. The standard InChI is InChI=1S/C14H9Cl2N3O/c15-10-5-9(6-11(16)7-10)13-18-14(20-19-13)8-1-3-12(17)4-2-8/h1-7H,17H2. The minimum atomic E-state index is 0.413. The number of rotatable bonds is 2. The number of hydrogen-bond acceptors (Lipinski definition) is 4. The van der Waals surface area contributed by atoms with Crippen LogP contribution in [-0.2, 0) is 0 Å². The summed E-state index contributed by atoms with van der Waals surface area (Å²) in [5.41, 5.74) is 7.81. The lowest BCUT2D eigenvalue weighted by atomic mass is 10.2. The molecule has 4 nitrogen and oxygen atoms in total. The Bertz CT molecular complexity index is 733. The second-order valence-electron chi connectivity index (χ2n) is 4.20. The lowest BCUT2D eigenvalue weighted by molar-refractivity contribution is 0.432. The third-order valence-electron chi connectivity index (χ3n) is 2.70. The number of nitrogen functional groups attached to an aromatic ring is 1. The van der Waals surface area contributed by atoms with E-state index in [1.807, 2.05) is 12.1 Å². The molecule has 0 saturated heterocycles. The molecule has 0 amide bonds. The van der Waals surface area contributed by atoms with Crippen LogP contribution in [0.3, 0.4) is 0 Å². The number of benzene rings is 2. The third-order valence-corrected chi connectivity index (χ3v) is 3.14.